The third-order valence-electron chi connectivity index (χ3n) is 5.20. The second-order valence-electron chi connectivity index (χ2n) is 7.01. The van der Waals surface area contributed by atoms with E-state index >= 15 is 0 Å². The summed E-state index contributed by atoms with van der Waals surface area (Å²) in [6, 6.07) is 3.10. The van der Waals surface area contributed by atoms with Crippen molar-refractivity contribution >= 4 is 12.3 Å². The molecule has 0 saturated heterocycles. The highest BCUT2D eigenvalue weighted by Crippen LogP contribution is 2.47. The number of carboxylic acid groups (broad SMARTS) is 1. The maximum absolute atomic E-state index is 11.3. The lowest BCUT2D eigenvalue weighted by atomic mass is 9.71. The fourth-order valence-electron chi connectivity index (χ4n) is 3.77. The molecule has 0 spiro atoms. The molecule has 0 saturated carbocycles. The molecule has 0 bridgehead atoms. The highest BCUT2D eigenvalue weighted by Gasteiger charge is 2.31. The average molecular weight is 330 g/mol. The second-order valence-corrected chi connectivity index (χ2v) is 7.01. The third kappa shape index (κ3) is 3.86. The molecule has 130 valence electrons. The van der Waals surface area contributed by atoms with Crippen molar-refractivity contribution in [1.29, 1.82) is 0 Å². The van der Waals surface area contributed by atoms with E-state index < -0.39 is 5.97 Å². The van der Waals surface area contributed by atoms with Gasteiger partial charge in [-0.2, -0.15) is 0 Å². The minimum atomic E-state index is -1.01. The van der Waals surface area contributed by atoms with Gasteiger partial charge in [0.1, 0.15) is 12.0 Å². The number of aromatic carboxylic acids is 1. The molecular weight excluding hydrogens is 304 g/mol. The van der Waals surface area contributed by atoms with Crippen LogP contribution in [0.2, 0.25) is 0 Å². The van der Waals surface area contributed by atoms with Gasteiger partial charge in [0, 0.05) is 5.56 Å². The van der Waals surface area contributed by atoms with Crippen molar-refractivity contribution in [2.24, 2.45) is 5.92 Å². The lowest BCUT2D eigenvalue weighted by molar-refractivity contribution is -0.104. The quantitative estimate of drug-likeness (QED) is 0.589. The zero-order valence-electron chi connectivity index (χ0n) is 14.6. The number of rotatable bonds is 6. The molecule has 24 heavy (non-hydrogen) atoms. The van der Waals surface area contributed by atoms with E-state index in [1.54, 1.807) is 13.0 Å². The highest BCUT2D eigenvalue weighted by atomic mass is 16.4. The average Bonchev–Trinajstić information content (AvgIpc) is 2.54. The monoisotopic (exact) mass is 330 g/mol. The van der Waals surface area contributed by atoms with Crippen LogP contribution in [0, 0.1) is 5.92 Å². The van der Waals surface area contributed by atoms with Crippen LogP contribution in [0.4, 0.5) is 0 Å². The van der Waals surface area contributed by atoms with Crippen LogP contribution in [0.3, 0.4) is 0 Å². The van der Waals surface area contributed by atoms with Crippen molar-refractivity contribution in [2.75, 3.05) is 0 Å². The van der Waals surface area contributed by atoms with Crippen LogP contribution in [-0.4, -0.2) is 22.5 Å². The minimum Gasteiger partial charge on any atom is -0.508 e. The Balaban J connectivity index is 2.29. The van der Waals surface area contributed by atoms with Crippen molar-refractivity contribution in [3.8, 4) is 5.75 Å². The Labute approximate surface area is 143 Å². The van der Waals surface area contributed by atoms with E-state index in [4.69, 9.17) is 0 Å². The summed E-state index contributed by atoms with van der Waals surface area (Å²) >= 11 is 0. The third-order valence-corrected chi connectivity index (χ3v) is 5.20. The summed E-state index contributed by atoms with van der Waals surface area (Å²) in [5.74, 6) is -0.0708. The molecule has 0 amide bonds. The van der Waals surface area contributed by atoms with Crippen LogP contribution in [0.15, 0.2) is 23.8 Å². The zero-order chi connectivity index (χ0) is 17.9. The number of phenols is 1. The largest absolute Gasteiger partial charge is 0.508 e. The number of carbonyl (C=O) groups is 2. The summed E-state index contributed by atoms with van der Waals surface area (Å²) in [5.41, 5.74) is 2.78. The highest BCUT2D eigenvalue weighted by molar-refractivity contribution is 5.88. The number of carbonyl (C=O) groups excluding carboxylic acids is 1. The zero-order valence-corrected chi connectivity index (χ0v) is 14.6. The molecule has 3 atom stereocenters. The van der Waals surface area contributed by atoms with Gasteiger partial charge in [-0.3, -0.25) is 4.79 Å². The van der Waals surface area contributed by atoms with Gasteiger partial charge in [-0.15, -0.1) is 0 Å². The summed E-state index contributed by atoms with van der Waals surface area (Å²) in [6.45, 7) is 6.04. The van der Waals surface area contributed by atoms with Gasteiger partial charge in [-0.25, -0.2) is 4.79 Å². The first-order valence-electron chi connectivity index (χ1n) is 8.57. The second kappa shape index (κ2) is 7.65. The number of hydrogen-bond donors (Lipinski definition) is 2. The van der Waals surface area contributed by atoms with E-state index in [-0.39, 0.29) is 23.1 Å². The topological polar surface area (TPSA) is 74.6 Å². The van der Waals surface area contributed by atoms with Crippen molar-refractivity contribution in [2.45, 2.75) is 58.3 Å². The van der Waals surface area contributed by atoms with Gasteiger partial charge in [0.05, 0.1) is 5.56 Å². The molecule has 0 fully saturated rings. The molecule has 0 aromatic heterocycles. The number of hydrogen-bond acceptors (Lipinski definition) is 3. The number of allylic oxidation sites excluding steroid dienone is 2. The van der Waals surface area contributed by atoms with Crippen molar-refractivity contribution in [1.82, 2.24) is 0 Å². The molecule has 4 heteroatoms. The smallest absolute Gasteiger partial charge is 0.335 e. The molecular formula is C20H26O4. The van der Waals surface area contributed by atoms with Gasteiger partial charge >= 0.3 is 5.97 Å². The Bertz CT molecular complexity index is 660. The Morgan fingerprint density at radius 1 is 1.38 bits per heavy atom. The van der Waals surface area contributed by atoms with Gasteiger partial charge in [-0.05, 0) is 73.6 Å². The fraction of sp³-hybridized carbons (Fsp3) is 0.500. The normalized spacial score (nSPS) is 21.9. The van der Waals surface area contributed by atoms with E-state index in [1.807, 2.05) is 6.08 Å². The van der Waals surface area contributed by atoms with E-state index in [9.17, 15) is 19.8 Å². The predicted octanol–water partition coefficient (Wildman–Crippen LogP) is 4.63. The molecule has 0 heterocycles. The molecule has 1 aliphatic rings. The van der Waals surface area contributed by atoms with Gasteiger partial charge in [0.2, 0.25) is 0 Å². The van der Waals surface area contributed by atoms with Crippen LogP contribution in [0.1, 0.15) is 79.8 Å². The van der Waals surface area contributed by atoms with Crippen LogP contribution in [-0.2, 0) is 4.79 Å². The number of aromatic hydroxyl groups is 1. The molecule has 0 radical (unpaired) electrons. The molecule has 1 aromatic rings. The van der Waals surface area contributed by atoms with Crippen LogP contribution >= 0.6 is 0 Å². The van der Waals surface area contributed by atoms with E-state index in [1.165, 1.54) is 6.07 Å². The molecule has 1 aliphatic carbocycles. The van der Waals surface area contributed by atoms with Gasteiger partial charge in [-0.1, -0.05) is 19.9 Å². The Hall–Kier alpha value is -2.10. The lowest BCUT2D eigenvalue weighted by Gasteiger charge is -2.34. The molecule has 1 aromatic carbocycles. The van der Waals surface area contributed by atoms with E-state index in [0.29, 0.717) is 5.92 Å². The van der Waals surface area contributed by atoms with Crippen molar-refractivity contribution in [3.05, 3.63) is 40.5 Å². The van der Waals surface area contributed by atoms with E-state index in [2.05, 4.69) is 13.8 Å². The fourth-order valence-corrected chi connectivity index (χ4v) is 3.77. The standard InChI is InChI=1S/C20H26O4/c1-12(11-21)5-4-6-13(2)16-8-7-14(3)19-17(16)9-15(20(23)24)10-18(19)22/h5,9-11,13-14,16,22H,4,6-8H2,1-3H3,(H,23,24). The summed E-state index contributed by atoms with van der Waals surface area (Å²) in [6.07, 6.45) is 6.55. The van der Waals surface area contributed by atoms with Crippen LogP contribution < -0.4 is 0 Å². The van der Waals surface area contributed by atoms with Crippen molar-refractivity contribution < 1.29 is 19.8 Å². The van der Waals surface area contributed by atoms with Crippen LogP contribution in [0.5, 0.6) is 5.75 Å². The SMILES string of the molecule is CC(C=O)=CCCC(C)C1CCC(C)c2c(O)cc(C(=O)O)cc21. The molecule has 0 aliphatic heterocycles. The number of carboxylic acids is 1. The minimum absolute atomic E-state index is 0.103. The Morgan fingerprint density at radius 2 is 2.08 bits per heavy atom. The van der Waals surface area contributed by atoms with Gasteiger partial charge in [0.15, 0.2) is 0 Å². The van der Waals surface area contributed by atoms with Gasteiger partial charge in [0.25, 0.3) is 0 Å². The van der Waals surface area contributed by atoms with Gasteiger partial charge < -0.3 is 10.2 Å². The maximum atomic E-state index is 11.3. The first kappa shape index (κ1) is 18.2. The summed E-state index contributed by atoms with van der Waals surface area (Å²) < 4.78 is 0. The lowest BCUT2D eigenvalue weighted by Crippen LogP contribution is -2.19. The number of fused-ring (bicyclic) bond motifs is 1. The summed E-state index contributed by atoms with van der Waals surface area (Å²) in [7, 11) is 0. The van der Waals surface area contributed by atoms with Crippen LogP contribution in [0.25, 0.3) is 0 Å². The number of phenolic OH excluding ortho intramolecular Hbond substituents is 1. The first-order chi connectivity index (χ1) is 11.3. The number of aldehydes is 1. The maximum Gasteiger partial charge on any atom is 0.335 e. The molecule has 2 N–H and O–H groups in total. The molecule has 3 unspecified atom stereocenters. The first-order valence-corrected chi connectivity index (χ1v) is 8.57. The predicted molar refractivity (Wildman–Crippen MR) is 93.7 cm³/mol. The molecule has 4 nitrogen and oxygen atoms in total. The number of benzene rings is 1. The summed E-state index contributed by atoms with van der Waals surface area (Å²) in [4.78, 5) is 22.0. The molecule has 2 rings (SSSR count). The summed E-state index contributed by atoms with van der Waals surface area (Å²) in [5, 5.41) is 19.6. The Morgan fingerprint density at radius 3 is 2.71 bits per heavy atom. The van der Waals surface area contributed by atoms with E-state index in [0.717, 1.165) is 48.7 Å². The van der Waals surface area contributed by atoms with Crippen molar-refractivity contribution in [3.63, 3.8) is 0 Å². The Kier molecular flexibility index (Phi) is 5.81.